The molecular formula is C18H28N2O2. The zero-order valence-corrected chi connectivity index (χ0v) is 14.1. The molecule has 1 saturated carbocycles. The number of aliphatic hydroxyl groups is 1. The van der Waals surface area contributed by atoms with Gasteiger partial charge in [0.05, 0.1) is 5.60 Å². The van der Waals surface area contributed by atoms with Gasteiger partial charge < -0.3 is 9.67 Å². The van der Waals surface area contributed by atoms with Crippen LogP contribution in [0.4, 0.5) is 0 Å². The van der Waals surface area contributed by atoms with Gasteiger partial charge in [-0.05, 0) is 44.9 Å². The lowest BCUT2D eigenvalue weighted by atomic mass is 9.94. The number of hydrogen-bond donors (Lipinski definition) is 1. The third kappa shape index (κ3) is 2.74. The van der Waals surface area contributed by atoms with Gasteiger partial charge in [-0.25, -0.2) is 0 Å². The minimum Gasteiger partial charge on any atom is -0.386 e. The highest BCUT2D eigenvalue weighted by Gasteiger charge is 2.30. The zero-order valence-electron chi connectivity index (χ0n) is 14.1. The first-order valence-electron chi connectivity index (χ1n) is 8.64. The molecular weight excluding hydrogens is 276 g/mol. The molecule has 2 aliphatic rings. The highest BCUT2D eigenvalue weighted by Crippen LogP contribution is 2.32. The Bertz CT molecular complexity index is 607. The van der Waals surface area contributed by atoms with Crippen molar-refractivity contribution in [3.05, 3.63) is 33.2 Å². The molecule has 0 spiro atoms. The molecule has 1 fully saturated rings. The monoisotopic (exact) mass is 304 g/mol. The molecule has 4 nitrogen and oxygen atoms in total. The van der Waals surface area contributed by atoms with E-state index in [9.17, 15) is 9.90 Å². The lowest BCUT2D eigenvalue weighted by Crippen LogP contribution is -2.40. The molecule has 0 atom stereocenters. The molecule has 0 bridgehead atoms. The minimum atomic E-state index is -1.08. The molecule has 22 heavy (non-hydrogen) atoms. The van der Waals surface area contributed by atoms with Crippen molar-refractivity contribution < 1.29 is 5.11 Å². The largest absolute Gasteiger partial charge is 0.386 e. The van der Waals surface area contributed by atoms with E-state index in [1.807, 2.05) is 10.6 Å². The van der Waals surface area contributed by atoms with Gasteiger partial charge in [0, 0.05) is 36.8 Å². The van der Waals surface area contributed by atoms with Crippen molar-refractivity contribution in [1.82, 2.24) is 9.47 Å². The Morgan fingerprint density at radius 3 is 2.59 bits per heavy atom. The number of fused-ring (bicyclic) bond motifs is 1. The van der Waals surface area contributed by atoms with Crippen LogP contribution in [0.2, 0.25) is 0 Å². The Kier molecular flexibility index (Phi) is 4.17. The summed E-state index contributed by atoms with van der Waals surface area (Å²) in [6.45, 7) is 8.55. The minimum absolute atomic E-state index is 0.0306. The molecule has 1 aromatic rings. The Morgan fingerprint density at radius 2 is 2.00 bits per heavy atom. The van der Waals surface area contributed by atoms with Gasteiger partial charge in [-0.2, -0.15) is 0 Å². The van der Waals surface area contributed by atoms with E-state index in [1.54, 1.807) is 13.8 Å². The maximum Gasteiger partial charge on any atom is 0.257 e. The van der Waals surface area contributed by atoms with Gasteiger partial charge in [0.2, 0.25) is 0 Å². The number of pyridine rings is 1. The van der Waals surface area contributed by atoms with Crippen molar-refractivity contribution in [2.45, 2.75) is 71.1 Å². The number of likely N-dealkylation sites (N-methyl/N-ethyl adjacent to an activating group) is 1. The fraction of sp³-hybridized carbons (Fsp3) is 0.722. The van der Waals surface area contributed by atoms with Gasteiger partial charge in [-0.15, -0.1) is 0 Å². The summed E-state index contributed by atoms with van der Waals surface area (Å²) in [7, 11) is 0. The average molecular weight is 304 g/mol. The van der Waals surface area contributed by atoms with Crippen LogP contribution in [0.5, 0.6) is 0 Å². The molecule has 3 rings (SSSR count). The van der Waals surface area contributed by atoms with Crippen LogP contribution in [0, 0.1) is 0 Å². The second kappa shape index (κ2) is 5.82. The fourth-order valence-corrected chi connectivity index (χ4v) is 3.99. The van der Waals surface area contributed by atoms with Crippen LogP contribution < -0.4 is 5.56 Å². The molecule has 1 aliphatic heterocycles. The SMILES string of the molecule is CCN1CCc2c(cc(C(C)(C)O)c(=O)n2C2CCCC2)C1. The summed E-state index contributed by atoms with van der Waals surface area (Å²) in [6, 6.07) is 2.29. The first kappa shape index (κ1) is 15.8. The molecule has 0 aromatic carbocycles. The van der Waals surface area contributed by atoms with E-state index in [1.165, 1.54) is 24.1 Å². The van der Waals surface area contributed by atoms with E-state index in [2.05, 4.69) is 11.8 Å². The smallest absolute Gasteiger partial charge is 0.257 e. The van der Waals surface area contributed by atoms with Crippen LogP contribution in [0.1, 0.15) is 69.3 Å². The van der Waals surface area contributed by atoms with Gasteiger partial charge >= 0.3 is 0 Å². The Balaban J connectivity index is 2.16. The average Bonchev–Trinajstić information content (AvgIpc) is 2.98. The summed E-state index contributed by atoms with van der Waals surface area (Å²) in [5, 5.41) is 10.4. The van der Waals surface area contributed by atoms with Crippen LogP contribution in [0.3, 0.4) is 0 Å². The second-order valence-electron chi connectivity index (χ2n) is 7.32. The molecule has 0 radical (unpaired) electrons. The van der Waals surface area contributed by atoms with Crippen LogP contribution in [0.15, 0.2) is 10.9 Å². The maximum atomic E-state index is 13.0. The standard InChI is InChI=1S/C18H28N2O2/c1-4-19-10-9-16-13(12-19)11-15(18(2,3)22)17(21)20(16)14-7-5-6-8-14/h11,14,22H,4-10,12H2,1-3H3. The molecule has 0 unspecified atom stereocenters. The first-order chi connectivity index (χ1) is 10.4. The van der Waals surface area contributed by atoms with Gasteiger partial charge in [-0.3, -0.25) is 9.69 Å². The van der Waals surface area contributed by atoms with Gasteiger partial charge in [-0.1, -0.05) is 19.8 Å². The Hall–Kier alpha value is -1.13. The molecule has 1 aromatic heterocycles. The van der Waals surface area contributed by atoms with E-state index < -0.39 is 5.60 Å². The second-order valence-corrected chi connectivity index (χ2v) is 7.32. The lowest BCUT2D eigenvalue weighted by molar-refractivity contribution is 0.0758. The number of rotatable bonds is 3. The third-order valence-electron chi connectivity index (χ3n) is 5.28. The van der Waals surface area contributed by atoms with Gasteiger partial charge in [0.25, 0.3) is 5.56 Å². The highest BCUT2D eigenvalue weighted by atomic mass is 16.3. The molecule has 1 N–H and O–H groups in total. The van der Waals surface area contributed by atoms with Gasteiger partial charge in [0.1, 0.15) is 0 Å². The maximum absolute atomic E-state index is 13.0. The van der Waals surface area contributed by atoms with Crippen molar-refractivity contribution in [2.24, 2.45) is 0 Å². The quantitative estimate of drug-likeness (QED) is 0.933. The lowest BCUT2D eigenvalue weighted by Gasteiger charge is -2.33. The molecule has 4 heteroatoms. The van der Waals surface area contributed by atoms with E-state index >= 15 is 0 Å². The molecule has 0 amide bonds. The van der Waals surface area contributed by atoms with Gasteiger partial charge in [0.15, 0.2) is 0 Å². The first-order valence-corrected chi connectivity index (χ1v) is 8.64. The predicted molar refractivity (Wildman–Crippen MR) is 88.1 cm³/mol. The number of aromatic nitrogens is 1. The van der Waals surface area contributed by atoms with E-state index in [-0.39, 0.29) is 5.56 Å². The van der Waals surface area contributed by atoms with Crippen LogP contribution in [-0.2, 0) is 18.6 Å². The number of nitrogens with zero attached hydrogens (tertiary/aromatic N) is 2. The van der Waals surface area contributed by atoms with E-state index in [0.29, 0.717) is 11.6 Å². The fourth-order valence-electron chi connectivity index (χ4n) is 3.99. The third-order valence-corrected chi connectivity index (χ3v) is 5.28. The van der Waals surface area contributed by atoms with Crippen molar-refractivity contribution in [3.8, 4) is 0 Å². The van der Waals surface area contributed by atoms with E-state index in [0.717, 1.165) is 38.9 Å². The molecule has 122 valence electrons. The summed E-state index contributed by atoms with van der Waals surface area (Å²) in [5.74, 6) is 0. The van der Waals surface area contributed by atoms with Crippen molar-refractivity contribution >= 4 is 0 Å². The summed E-state index contributed by atoms with van der Waals surface area (Å²) >= 11 is 0. The Labute approximate surface area is 132 Å². The van der Waals surface area contributed by atoms with Crippen molar-refractivity contribution in [3.63, 3.8) is 0 Å². The summed E-state index contributed by atoms with van der Waals surface area (Å²) in [6.07, 6.45) is 5.55. The van der Waals surface area contributed by atoms with Crippen LogP contribution in [0.25, 0.3) is 0 Å². The normalized spacial score (nSPS) is 20.4. The van der Waals surface area contributed by atoms with Crippen molar-refractivity contribution in [1.29, 1.82) is 0 Å². The van der Waals surface area contributed by atoms with E-state index in [4.69, 9.17) is 0 Å². The number of hydrogen-bond acceptors (Lipinski definition) is 3. The van der Waals surface area contributed by atoms with Crippen LogP contribution >= 0.6 is 0 Å². The summed E-state index contributed by atoms with van der Waals surface area (Å²) in [4.78, 5) is 15.4. The van der Waals surface area contributed by atoms with Crippen molar-refractivity contribution in [2.75, 3.05) is 13.1 Å². The molecule has 1 aliphatic carbocycles. The Morgan fingerprint density at radius 1 is 1.32 bits per heavy atom. The topological polar surface area (TPSA) is 45.5 Å². The zero-order chi connectivity index (χ0) is 15.9. The van der Waals surface area contributed by atoms with Crippen LogP contribution in [-0.4, -0.2) is 27.7 Å². The predicted octanol–water partition coefficient (Wildman–Crippen LogP) is 2.57. The summed E-state index contributed by atoms with van der Waals surface area (Å²) in [5.41, 5.74) is 1.95. The molecule has 0 saturated heterocycles. The summed E-state index contributed by atoms with van der Waals surface area (Å²) < 4.78 is 2.04. The molecule has 2 heterocycles. The highest BCUT2D eigenvalue weighted by molar-refractivity contribution is 5.32.